The fourth-order valence-corrected chi connectivity index (χ4v) is 1.68. The van der Waals surface area contributed by atoms with Crippen molar-refractivity contribution >= 4 is 21.7 Å². The summed E-state index contributed by atoms with van der Waals surface area (Å²) in [6, 6.07) is 7.79. The molecule has 1 aromatic carbocycles. The van der Waals surface area contributed by atoms with Crippen LogP contribution in [0.5, 0.6) is 0 Å². The van der Waals surface area contributed by atoms with Gasteiger partial charge >= 0.3 is 0 Å². The van der Waals surface area contributed by atoms with E-state index in [0.717, 1.165) is 15.6 Å². The van der Waals surface area contributed by atoms with Gasteiger partial charge in [-0.1, -0.05) is 46.3 Å². The SMILES string of the molecule is C=C(C)CC(=O)Cc1ccccc1Br. The second-order valence-corrected chi connectivity index (χ2v) is 4.30. The molecule has 74 valence electrons. The summed E-state index contributed by atoms with van der Waals surface area (Å²) < 4.78 is 0.995. The van der Waals surface area contributed by atoms with Gasteiger partial charge in [-0.15, -0.1) is 0 Å². The predicted molar refractivity (Wildman–Crippen MR) is 62.3 cm³/mol. The van der Waals surface area contributed by atoms with Gasteiger partial charge in [0.2, 0.25) is 0 Å². The summed E-state index contributed by atoms with van der Waals surface area (Å²) in [7, 11) is 0. The van der Waals surface area contributed by atoms with Crippen molar-refractivity contribution < 1.29 is 4.79 Å². The van der Waals surface area contributed by atoms with E-state index in [1.165, 1.54) is 0 Å². The fraction of sp³-hybridized carbons (Fsp3) is 0.250. The van der Waals surface area contributed by atoms with Crippen LogP contribution in [0.15, 0.2) is 40.9 Å². The van der Waals surface area contributed by atoms with Crippen LogP contribution in [0.2, 0.25) is 0 Å². The van der Waals surface area contributed by atoms with E-state index in [9.17, 15) is 4.79 Å². The molecule has 2 heteroatoms. The van der Waals surface area contributed by atoms with Gasteiger partial charge in [0.05, 0.1) is 0 Å². The van der Waals surface area contributed by atoms with E-state index in [0.29, 0.717) is 12.8 Å². The van der Waals surface area contributed by atoms with Crippen LogP contribution in [0.25, 0.3) is 0 Å². The number of allylic oxidation sites excluding steroid dienone is 1. The van der Waals surface area contributed by atoms with Gasteiger partial charge in [0.25, 0.3) is 0 Å². The smallest absolute Gasteiger partial charge is 0.141 e. The highest BCUT2D eigenvalue weighted by molar-refractivity contribution is 9.10. The topological polar surface area (TPSA) is 17.1 Å². The molecule has 0 saturated carbocycles. The Hall–Kier alpha value is -0.890. The summed E-state index contributed by atoms with van der Waals surface area (Å²) in [5.41, 5.74) is 1.96. The molecule has 0 aliphatic heterocycles. The summed E-state index contributed by atoms with van der Waals surface area (Å²) in [6.07, 6.45) is 0.954. The highest BCUT2D eigenvalue weighted by Gasteiger charge is 2.05. The molecule has 0 aliphatic carbocycles. The van der Waals surface area contributed by atoms with Gasteiger partial charge in [-0.3, -0.25) is 4.79 Å². The fourth-order valence-electron chi connectivity index (χ4n) is 1.25. The third-order valence-electron chi connectivity index (χ3n) is 1.84. The number of carbonyl (C=O) groups excluding carboxylic acids is 1. The number of halogens is 1. The van der Waals surface area contributed by atoms with Crippen LogP contribution in [0.3, 0.4) is 0 Å². The maximum Gasteiger partial charge on any atom is 0.141 e. The van der Waals surface area contributed by atoms with E-state index in [2.05, 4.69) is 22.5 Å². The van der Waals surface area contributed by atoms with E-state index in [1.807, 2.05) is 31.2 Å². The van der Waals surface area contributed by atoms with E-state index in [4.69, 9.17) is 0 Å². The molecule has 1 rings (SSSR count). The number of carbonyl (C=O) groups is 1. The Bertz CT molecular complexity index is 355. The standard InChI is InChI=1S/C12H13BrO/c1-9(2)7-11(14)8-10-5-3-4-6-12(10)13/h3-6H,1,7-8H2,2H3. The molecule has 0 heterocycles. The van der Waals surface area contributed by atoms with Crippen LogP contribution in [0.4, 0.5) is 0 Å². The van der Waals surface area contributed by atoms with Crippen molar-refractivity contribution in [3.8, 4) is 0 Å². The molecule has 0 fully saturated rings. The largest absolute Gasteiger partial charge is 0.299 e. The van der Waals surface area contributed by atoms with Gasteiger partial charge in [0.1, 0.15) is 5.78 Å². The zero-order valence-electron chi connectivity index (χ0n) is 8.22. The lowest BCUT2D eigenvalue weighted by Crippen LogP contribution is -2.03. The molecule has 0 radical (unpaired) electrons. The summed E-state index contributed by atoms with van der Waals surface area (Å²) in [5, 5.41) is 0. The van der Waals surface area contributed by atoms with E-state index >= 15 is 0 Å². The number of Topliss-reactive ketones (excluding diaryl/α,β-unsaturated/α-hetero) is 1. The lowest BCUT2D eigenvalue weighted by molar-refractivity contribution is -0.117. The van der Waals surface area contributed by atoms with Crippen LogP contribution in [-0.2, 0) is 11.2 Å². The predicted octanol–water partition coefficient (Wildman–Crippen LogP) is 3.53. The molecule has 0 saturated heterocycles. The second-order valence-electron chi connectivity index (χ2n) is 3.44. The minimum Gasteiger partial charge on any atom is -0.299 e. The summed E-state index contributed by atoms with van der Waals surface area (Å²) in [4.78, 5) is 11.5. The van der Waals surface area contributed by atoms with Crippen molar-refractivity contribution in [1.29, 1.82) is 0 Å². The van der Waals surface area contributed by atoms with Crippen molar-refractivity contribution in [2.45, 2.75) is 19.8 Å². The Balaban J connectivity index is 2.65. The molecule has 0 aromatic heterocycles. The first kappa shape index (κ1) is 11.2. The third-order valence-corrected chi connectivity index (χ3v) is 2.62. The zero-order valence-corrected chi connectivity index (χ0v) is 9.80. The number of hydrogen-bond donors (Lipinski definition) is 0. The van der Waals surface area contributed by atoms with Crippen LogP contribution in [-0.4, -0.2) is 5.78 Å². The van der Waals surface area contributed by atoms with E-state index < -0.39 is 0 Å². The van der Waals surface area contributed by atoms with Crippen molar-refractivity contribution in [3.05, 3.63) is 46.5 Å². The first-order valence-electron chi connectivity index (χ1n) is 4.49. The van der Waals surface area contributed by atoms with Gasteiger partial charge in [0, 0.05) is 17.3 Å². The maximum absolute atomic E-state index is 11.5. The molecule has 0 N–H and O–H groups in total. The van der Waals surface area contributed by atoms with Crippen LogP contribution in [0.1, 0.15) is 18.9 Å². The number of hydrogen-bond acceptors (Lipinski definition) is 1. The molecule has 1 aromatic rings. The summed E-state index contributed by atoms with van der Waals surface area (Å²) in [6.45, 7) is 5.60. The van der Waals surface area contributed by atoms with Crippen molar-refractivity contribution in [1.82, 2.24) is 0 Å². The van der Waals surface area contributed by atoms with E-state index in [-0.39, 0.29) is 5.78 Å². The lowest BCUT2D eigenvalue weighted by Gasteiger charge is -2.03. The van der Waals surface area contributed by atoms with Crippen molar-refractivity contribution in [2.75, 3.05) is 0 Å². The number of rotatable bonds is 4. The van der Waals surface area contributed by atoms with Crippen LogP contribution in [0, 0.1) is 0 Å². The molecule has 0 unspecified atom stereocenters. The Morgan fingerprint density at radius 3 is 2.64 bits per heavy atom. The molecule has 0 spiro atoms. The molecular formula is C12H13BrO. The van der Waals surface area contributed by atoms with Gasteiger partial charge in [-0.2, -0.15) is 0 Å². The molecule has 0 amide bonds. The van der Waals surface area contributed by atoms with Crippen LogP contribution < -0.4 is 0 Å². The first-order valence-corrected chi connectivity index (χ1v) is 5.28. The summed E-state index contributed by atoms with van der Waals surface area (Å²) >= 11 is 3.42. The Morgan fingerprint density at radius 1 is 1.43 bits per heavy atom. The Kier molecular flexibility index (Phi) is 4.08. The molecule has 0 bridgehead atoms. The number of ketones is 1. The van der Waals surface area contributed by atoms with Gasteiger partial charge < -0.3 is 0 Å². The zero-order chi connectivity index (χ0) is 10.6. The number of benzene rings is 1. The minimum atomic E-state index is 0.212. The maximum atomic E-state index is 11.5. The van der Waals surface area contributed by atoms with Crippen LogP contribution >= 0.6 is 15.9 Å². The Morgan fingerprint density at radius 2 is 2.07 bits per heavy atom. The quantitative estimate of drug-likeness (QED) is 0.750. The second kappa shape index (κ2) is 5.11. The van der Waals surface area contributed by atoms with Crippen molar-refractivity contribution in [3.63, 3.8) is 0 Å². The monoisotopic (exact) mass is 252 g/mol. The van der Waals surface area contributed by atoms with Gasteiger partial charge in [-0.05, 0) is 18.6 Å². The normalized spacial score (nSPS) is 9.86. The average Bonchev–Trinajstić information content (AvgIpc) is 2.07. The molecule has 0 aliphatic rings. The molecule has 0 atom stereocenters. The highest BCUT2D eigenvalue weighted by atomic mass is 79.9. The lowest BCUT2D eigenvalue weighted by atomic mass is 10.0. The summed E-state index contributed by atoms with van der Waals surface area (Å²) in [5.74, 6) is 0.212. The first-order chi connectivity index (χ1) is 6.59. The van der Waals surface area contributed by atoms with Crippen molar-refractivity contribution in [2.24, 2.45) is 0 Å². The molecule has 14 heavy (non-hydrogen) atoms. The van der Waals surface area contributed by atoms with Gasteiger partial charge in [-0.25, -0.2) is 0 Å². The van der Waals surface area contributed by atoms with E-state index in [1.54, 1.807) is 0 Å². The highest BCUT2D eigenvalue weighted by Crippen LogP contribution is 2.17. The average molecular weight is 253 g/mol. The molecular weight excluding hydrogens is 240 g/mol. The third kappa shape index (κ3) is 3.46. The Labute approximate surface area is 93.0 Å². The molecule has 1 nitrogen and oxygen atoms in total. The minimum absolute atomic E-state index is 0.212. The van der Waals surface area contributed by atoms with Gasteiger partial charge in [0.15, 0.2) is 0 Å².